The minimum atomic E-state index is -0.348. The second-order valence-electron chi connectivity index (χ2n) is 4.91. The van der Waals surface area contributed by atoms with Gasteiger partial charge < -0.3 is 10.6 Å². The van der Waals surface area contributed by atoms with Crippen LogP contribution in [0.4, 0.5) is 10.3 Å². The number of amides is 1. The Bertz CT molecular complexity index is 606. The predicted octanol–water partition coefficient (Wildman–Crippen LogP) is 2.69. The second-order valence-corrected chi connectivity index (χ2v) is 4.91. The Balaban J connectivity index is 1.71. The van der Waals surface area contributed by atoms with Crippen molar-refractivity contribution in [3.8, 4) is 0 Å². The summed E-state index contributed by atoms with van der Waals surface area (Å²) in [5, 5.41) is 5.83. The van der Waals surface area contributed by atoms with Gasteiger partial charge in [-0.15, -0.1) is 0 Å². The molecule has 0 saturated heterocycles. The molecule has 2 N–H and O–H groups in total. The van der Waals surface area contributed by atoms with Crippen LogP contribution in [0.3, 0.4) is 0 Å². The molecule has 0 aliphatic heterocycles. The molecule has 1 aromatic carbocycles. The molecular weight excluding hydrogens is 283 g/mol. The molecule has 0 radical (unpaired) electrons. The molecule has 0 bridgehead atoms. The molecule has 2 aromatic rings. The molecule has 0 aliphatic rings. The summed E-state index contributed by atoms with van der Waals surface area (Å²) in [6.45, 7) is 2.37. The fraction of sp³-hybridized carbons (Fsp3) is 0.312. The van der Waals surface area contributed by atoms with Gasteiger partial charge >= 0.3 is 0 Å². The van der Waals surface area contributed by atoms with Gasteiger partial charge in [-0.1, -0.05) is 18.2 Å². The van der Waals surface area contributed by atoms with Crippen LogP contribution in [0.15, 0.2) is 42.7 Å². The number of rotatable bonds is 7. The summed E-state index contributed by atoms with van der Waals surface area (Å²) in [6, 6.07) is 7.84. The van der Waals surface area contributed by atoms with Crippen molar-refractivity contribution in [3.05, 3.63) is 54.1 Å². The molecule has 0 aliphatic carbocycles. The number of aromatic nitrogens is 2. The molecule has 1 heterocycles. The van der Waals surface area contributed by atoms with Crippen LogP contribution in [0.2, 0.25) is 0 Å². The lowest BCUT2D eigenvalue weighted by Gasteiger charge is -2.15. The summed E-state index contributed by atoms with van der Waals surface area (Å²) < 4.78 is 13.6. The molecule has 0 fully saturated rings. The maximum atomic E-state index is 13.6. The number of anilines is 1. The molecule has 22 heavy (non-hydrogen) atoms. The molecule has 0 spiro atoms. The zero-order chi connectivity index (χ0) is 15.8. The standard InChI is InChI=1S/C16H19FN4O/c1-12(13-6-2-3-7-14(13)17)21-15(22)8-4-9-18-16-19-10-5-11-20-16/h2-3,5-7,10-12H,4,8-9H2,1H3,(H,21,22)(H,18,19,20)/t12-/m0/s1. The molecule has 1 aromatic heterocycles. The van der Waals surface area contributed by atoms with Crippen molar-refractivity contribution in [1.82, 2.24) is 15.3 Å². The van der Waals surface area contributed by atoms with Crippen LogP contribution < -0.4 is 10.6 Å². The Labute approximate surface area is 129 Å². The molecule has 1 atom stereocenters. The zero-order valence-electron chi connectivity index (χ0n) is 12.4. The maximum Gasteiger partial charge on any atom is 0.222 e. The molecular formula is C16H19FN4O. The van der Waals surface area contributed by atoms with E-state index in [0.29, 0.717) is 30.9 Å². The number of halogens is 1. The molecule has 0 unspecified atom stereocenters. The normalized spacial score (nSPS) is 11.7. The van der Waals surface area contributed by atoms with Gasteiger partial charge in [-0.3, -0.25) is 4.79 Å². The van der Waals surface area contributed by atoms with E-state index in [1.54, 1.807) is 43.6 Å². The van der Waals surface area contributed by atoms with E-state index in [1.807, 2.05) is 0 Å². The molecule has 5 nitrogen and oxygen atoms in total. The van der Waals surface area contributed by atoms with E-state index < -0.39 is 0 Å². The first-order valence-electron chi connectivity index (χ1n) is 7.21. The SMILES string of the molecule is C[C@H](NC(=O)CCCNc1ncccn1)c1ccccc1F. The number of carbonyl (C=O) groups is 1. The van der Waals surface area contributed by atoms with Crippen molar-refractivity contribution in [2.24, 2.45) is 0 Å². The molecule has 2 rings (SSSR count). The molecule has 0 saturated carbocycles. The molecule has 6 heteroatoms. The van der Waals surface area contributed by atoms with Crippen LogP contribution in [-0.4, -0.2) is 22.4 Å². The minimum Gasteiger partial charge on any atom is -0.354 e. The van der Waals surface area contributed by atoms with Gasteiger partial charge in [0, 0.05) is 30.9 Å². The Hall–Kier alpha value is -2.50. The van der Waals surface area contributed by atoms with Crippen LogP contribution in [0, 0.1) is 5.82 Å². The van der Waals surface area contributed by atoms with Gasteiger partial charge in [0.2, 0.25) is 11.9 Å². The fourth-order valence-corrected chi connectivity index (χ4v) is 2.06. The Morgan fingerprint density at radius 2 is 1.95 bits per heavy atom. The Kier molecular flexibility index (Phi) is 5.82. The monoisotopic (exact) mass is 302 g/mol. The Morgan fingerprint density at radius 1 is 1.23 bits per heavy atom. The van der Waals surface area contributed by atoms with E-state index in [4.69, 9.17) is 0 Å². The summed E-state index contributed by atoms with van der Waals surface area (Å²) in [5.41, 5.74) is 0.492. The Morgan fingerprint density at radius 3 is 2.68 bits per heavy atom. The third-order valence-electron chi connectivity index (χ3n) is 3.18. The van der Waals surface area contributed by atoms with Gasteiger partial charge in [0.15, 0.2) is 0 Å². The lowest BCUT2D eigenvalue weighted by molar-refractivity contribution is -0.121. The van der Waals surface area contributed by atoms with Crippen molar-refractivity contribution < 1.29 is 9.18 Å². The first-order chi connectivity index (χ1) is 10.7. The third kappa shape index (κ3) is 4.80. The van der Waals surface area contributed by atoms with Crippen LogP contribution in [-0.2, 0) is 4.79 Å². The van der Waals surface area contributed by atoms with E-state index in [2.05, 4.69) is 20.6 Å². The average Bonchev–Trinajstić information content (AvgIpc) is 2.53. The van der Waals surface area contributed by atoms with Crippen molar-refractivity contribution in [1.29, 1.82) is 0 Å². The maximum absolute atomic E-state index is 13.6. The van der Waals surface area contributed by atoms with Gasteiger partial charge in [0.05, 0.1) is 6.04 Å². The second kappa shape index (κ2) is 8.07. The lowest BCUT2D eigenvalue weighted by atomic mass is 10.1. The van der Waals surface area contributed by atoms with Crippen LogP contribution in [0.25, 0.3) is 0 Å². The number of nitrogens with one attached hydrogen (secondary N) is 2. The van der Waals surface area contributed by atoms with Crippen LogP contribution in [0.5, 0.6) is 0 Å². The predicted molar refractivity (Wildman–Crippen MR) is 82.7 cm³/mol. The number of nitrogens with zero attached hydrogens (tertiary/aromatic N) is 2. The van der Waals surface area contributed by atoms with Gasteiger partial charge in [0.25, 0.3) is 0 Å². The van der Waals surface area contributed by atoms with Crippen molar-refractivity contribution in [2.75, 3.05) is 11.9 Å². The van der Waals surface area contributed by atoms with E-state index in [9.17, 15) is 9.18 Å². The van der Waals surface area contributed by atoms with Crippen molar-refractivity contribution in [3.63, 3.8) is 0 Å². The van der Waals surface area contributed by atoms with Gasteiger partial charge in [-0.2, -0.15) is 0 Å². The highest BCUT2D eigenvalue weighted by Crippen LogP contribution is 2.16. The van der Waals surface area contributed by atoms with E-state index in [-0.39, 0.29) is 17.8 Å². The third-order valence-corrected chi connectivity index (χ3v) is 3.18. The van der Waals surface area contributed by atoms with E-state index >= 15 is 0 Å². The first-order valence-corrected chi connectivity index (χ1v) is 7.21. The highest BCUT2D eigenvalue weighted by atomic mass is 19.1. The highest BCUT2D eigenvalue weighted by Gasteiger charge is 2.12. The number of hydrogen-bond acceptors (Lipinski definition) is 4. The topological polar surface area (TPSA) is 66.9 Å². The smallest absolute Gasteiger partial charge is 0.222 e. The summed E-state index contributed by atoms with van der Waals surface area (Å²) in [7, 11) is 0. The van der Waals surface area contributed by atoms with Gasteiger partial charge in [-0.05, 0) is 25.5 Å². The minimum absolute atomic E-state index is 0.105. The summed E-state index contributed by atoms with van der Waals surface area (Å²) >= 11 is 0. The van der Waals surface area contributed by atoms with E-state index in [1.165, 1.54) is 6.07 Å². The highest BCUT2D eigenvalue weighted by molar-refractivity contribution is 5.76. The van der Waals surface area contributed by atoms with Crippen molar-refractivity contribution in [2.45, 2.75) is 25.8 Å². The largest absolute Gasteiger partial charge is 0.354 e. The van der Waals surface area contributed by atoms with Crippen molar-refractivity contribution >= 4 is 11.9 Å². The van der Waals surface area contributed by atoms with Crippen LogP contribution in [0.1, 0.15) is 31.4 Å². The zero-order valence-corrected chi connectivity index (χ0v) is 12.4. The number of benzene rings is 1. The summed E-state index contributed by atoms with van der Waals surface area (Å²) in [5.74, 6) is 0.132. The quantitative estimate of drug-likeness (QED) is 0.772. The van der Waals surface area contributed by atoms with Crippen LogP contribution >= 0.6 is 0 Å². The summed E-state index contributed by atoms with van der Waals surface area (Å²) in [4.78, 5) is 19.9. The molecule has 116 valence electrons. The summed E-state index contributed by atoms with van der Waals surface area (Å²) in [6.07, 6.45) is 4.31. The first kappa shape index (κ1) is 15.9. The number of carbonyl (C=O) groups excluding carboxylic acids is 1. The van der Waals surface area contributed by atoms with E-state index in [0.717, 1.165) is 0 Å². The average molecular weight is 302 g/mol. The lowest BCUT2D eigenvalue weighted by Crippen LogP contribution is -2.27. The van der Waals surface area contributed by atoms with Gasteiger partial charge in [-0.25, -0.2) is 14.4 Å². The fourth-order valence-electron chi connectivity index (χ4n) is 2.06. The molecule has 1 amide bonds. The number of hydrogen-bond donors (Lipinski definition) is 2. The van der Waals surface area contributed by atoms with Gasteiger partial charge in [0.1, 0.15) is 5.82 Å².